The predicted octanol–water partition coefficient (Wildman–Crippen LogP) is -4.07. The molecule has 4 aromatic carbocycles. The van der Waals surface area contributed by atoms with Gasteiger partial charge in [-0.25, -0.2) is 0 Å². The summed E-state index contributed by atoms with van der Waals surface area (Å²) in [5.74, 6) is -2.04. The number of carbonyl (C=O) groups excluding carboxylic acids is 2. The van der Waals surface area contributed by atoms with E-state index in [2.05, 4.69) is 0 Å². The number of ether oxygens (including phenoxy) is 2. The standard InChI is InChI=1S/C24H18O6.2K/c25-21(26)13-29-19-11-9-15-5-1-3-7-17(15)23(19)24-18-8-4-2-6-16(18)10-12-20(24)30-14-22(27)28;;/h1-12H,13-14H2,(H,25,26)(H,27,28);;/q;2*+1/p-2. The second kappa shape index (κ2) is 12.6. The molecule has 8 heteroatoms. The van der Waals surface area contributed by atoms with Crippen molar-refractivity contribution >= 4 is 33.5 Å². The molecule has 0 spiro atoms. The summed E-state index contributed by atoms with van der Waals surface area (Å²) >= 11 is 0. The zero-order chi connectivity index (χ0) is 21.1. The number of hydrogen-bond acceptors (Lipinski definition) is 6. The summed E-state index contributed by atoms with van der Waals surface area (Å²) < 4.78 is 11.1. The van der Waals surface area contributed by atoms with Gasteiger partial charge in [-0.1, -0.05) is 60.7 Å². The molecule has 0 aromatic heterocycles. The topological polar surface area (TPSA) is 98.7 Å². The Labute approximate surface area is 269 Å². The van der Waals surface area contributed by atoms with E-state index < -0.39 is 25.2 Å². The van der Waals surface area contributed by atoms with Crippen molar-refractivity contribution in [1.29, 1.82) is 0 Å². The van der Waals surface area contributed by atoms with Crippen molar-refractivity contribution in [3.8, 4) is 22.6 Å². The summed E-state index contributed by atoms with van der Waals surface area (Å²) in [5, 5.41) is 25.5. The molecule has 0 fully saturated rings. The van der Waals surface area contributed by atoms with Crippen molar-refractivity contribution in [2.75, 3.05) is 13.2 Å². The van der Waals surface area contributed by atoms with E-state index in [1.165, 1.54) is 0 Å². The van der Waals surface area contributed by atoms with E-state index >= 15 is 0 Å². The van der Waals surface area contributed by atoms with Crippen LogP contribution in [0, 0.1) is 0 Å². The number of carboxylic acids is 2. The van der Waals surface area contributed by atoms with Crippen LogP contribution < -0.4 is 122 Å². The SMILES string of the molecule is O=C([O-])COc1ccc2ccccc2c1-c1c(OCC(=O)[O-])ccc2ccccc12.[K+].[K+]. The van der Waals surface area contributed by atoms with Crippen LogP contribution in [0.3, 0.4) is 0 Å². The van der Waals surface area contributed by atoms with Gasteiger partial charge in [0.15, 0.2) is 0 Å². The van der Waals surface area contributed by atoms with Crippen LogP contribution in [0.15, 0.2) is 72.8 Å². The second-order valence-electron chi connectivity index (χ2n) is 6.64. The average Bonchev–Trinajstić information content (AvgIpc) is 2.75. The van der Waals surface area contributed by atoms with E-state index in [0.717, 1.165) is 21.5 Å². The van der Waals surface area contributed by atoms with Crippen molar-refractivity contribution in [3.63, 3.8) is 0 Å². The molecule has 0 atom stereocenters. The predicted molar refractivity (Wildman–Crippen MR) is 108 cm³/mol. The maximum Gasteiger partial charge on any atom is 1.00 e. The molecule has 0 aliphatic rings. The van der Waals surface area contributed by atoms with E-state index in [-0.39, 0.29) is 103 Å². The first-order valence-electron chi connectivity index (χ1n) is 9.24. The molecule has 0 heterocycles. The van der Waals surface area contributed by atoms with Crippen LogP contribution in [-0.4, -0.2) is 25.2 Å². The van der Waals surface area contributed by atoms with Crippen LogP contribution in [0.2, 0.25) is 0 Å². The van der Waals surface area contributed by atoms with E-state index in [1.54, 1.807) is 12.1 Å². The van der Waals surface area contributed by atoms with Crippen LogP contribution in [0.1, 0.15) is 0 Å². The molecule has 0 unspecified atom stereocenters. The van der Waals surface area contributed by atoms with E-state index in [1.807, 2.05) is 60.7 Å². The van der Waals surface area contributed by atoms with Gasteiger partial charge in [-0.3, -0.25) is 0 Å². The third kappa shape index (κ3) is 6.21. The van der Waals surface area contributed by atoms with Crippen molar-refractivity contribution in [3.05, 3.63) is 72.8 Å². The molecule has 0 saturated carbocycles. The Morgan fingerprint density at radius 3 is 1.34 bits per heavy atom. The fourth-order valence-corrected chi connectivity index (χ4v) is 3.53. The first-order valence-corrected chi connectivity index (χ1v) is 9.24. The minimum absolute atomic E-state index is 0. The third-order valence-corrected chi connectivity index (χ3v) is 4.72. The molecule has 0 aliphatic heterocycles. The Balaban J connectivity index is 0.00000181. The molecule has 4 aromatic rings. The van der Waals surface area contributed by atoms with Gasteiger partial charge >= 0.3 is 103 Å². The Hall–Kier alpha value is -0.787. The number of rotatable bonds is 7. The quantitative estimate of drug-likeness (QED) is 0.251. The molecule has 32 heavy (non-hydrogen) atoms. The number of benzene rings is 4. The molecule has 0 N–H and O–H groups in total. The molecular weight excluding hydrogens is 462 g/mol. The van der Waals surface area contributed by atoms with Crippen molar-refractivity contribution < 1.29 is 132 Å². The zero-order valence-corrected chi connectivity index (χ0v) is 24.0. The minimum Gasteiger partial charge on any atom is -0.546 e. The minimum atomic E-state index is -1.35. The molecule has 0 bridgehead atoms. The molecule has 0 amide bonds. The van der Waals surface area contributed by atoms with E-state index in [4.69, 9.17) is 9.47 Å². The summed E-state index contributed by atoms with van der Waals surface area (Å²) in [6.07, 6.45) is 0. The number of aliphatic carboxylic acids is 2. The van der Waals surface area contributed by atoms with Gasteiger partial charge in [0.2, 0.25) is 0 Å². The fraction of sp³-hybridized carbons (Fsp3) is 0.0833. The summed E-state index contributed by atoms with van der Waals surface area (Å²) in [4.78, 5) is 22.0. The maximum absolute atomic E-state index is 11.0. The first kappa shape index (κ1) is 27.5. The first-order chi connectivity index (χ1) is 14.5. The summed E-state index contributed by atoms with van der Waals surface area (Å²) in [6, 6.07) is 22.2. The summed E-state index contributed by atoms with van der Waals surface area (Å²) in [6.45, 7) is -1.24. The molecule has 150 valence electrons. The van der Waals surface area contributed by atoms with Gasteiger partial charge in [0.05, 0.1) is 11.9 Å². The van der Waals surface area contributed by atoms with Crippen LogP contribution in [-0.2, 0) is 9.59 Å². The smallest absolute Gasteiger partial charge is 0.546 e. The monoisotopic (exact) mass is 478 g/mol. The fourth-order valence-electron chi connectivity index (χ4n) is 3.53. The third-order valence-electron chi connectivity index (χ3n) is 4.72. The van der Waals surface area contributed by atoms with Crippen LogP contribution >= 0.6 is 0 Å². The summed E-state index contributed by atoms with van der Waals surface area (Å²) in [5.41, 5.74) is 1.22. The number of hydrogen-bond donors (Lipinski definition) is 0. The molecule has 0 radical (unpaired) electrons. The largest absolute Gasteiger partial charge is 1.00 e. The van der Waals surface area contributed by atoms with Gasteiger partial charge in [0, 0.05) is 11.1 Å². The van der Waals surface area contributed by atoms with E-state index in [0.29, 0.717) is 22.6 Å². The van der Waals surface area contributed by atoms with E-state index in [9.17, 15) is 19.8 Å². The normalized spacial score (nSPS) is 10.1. The maximum atomic E-state index is 11.0. The zero-order valence-electron chi connectivity index (χ0n) is 17.8. The van der Waals surface area contributed by atoms with Gasteiger partial charge in [-0.15, -0.1) is 0 Å². The van der Waals surface area contributed by atoms with Gasteiger partial charge in [-0.2, -0.15) is 0 Å². The van der Waals surface area contributed by atoms with Gasteiger partial charge < -0.3 is 29.3 Å². The second-order valence-corrected chi connectivity index (χ2v) is 6.64. The molecule has 4 rings (SSSR count). The van der Waals surface area contributed by atoms with Gasteiger partial charge in [0.25, 0.3) is 0 Å². The van der Waals surface area contributed by atoms with Crippen molar-refractivity contribution in [2.45, 2.75) is 0 Å². The van der Waals surface area contributed by atoms with Crippen LogP contribution in [0.25, 0.3) is 32.7 Å². The average molecular weight is 479 g/mol. The molecule has 0 saturated heterocycles. The van der Waals surface area contributed by atoms with Crippen molar-refractivity contribution in [2.24, 2.45) is 0 Å². The summed E-state index contributed by atoms with van der Waals surface area (Å²) in [7, 11) is 0. The van der Waals surface area contributed by atoms with Gasteiger partial charge in [0.1, 0.15) is 24.7 Å². The number of fused-ring (bicyclic) bond motifs is 2. The molecule has 6 nitrogen and oxygen atoms in total. The number of carboxylic acid groups (broad SMARTS) is 2. The Morgan fingerprint density at radius 2 is 0.969 bits per heavy atom. The Bertz CT molecular complexity index is 1170. The van der Waals surface area contributed by atoms with Crippen molar-refractivity contribution in [1.82, 2.24) is 0 Å². The molecular formula is C24H16K2O6. The Kier molecular flexibility index (Phi) is 10.8. The Morgan fingerprint density at radius 1 is 0.594 bits per heavy atom. The van der Waals surface area contributed by atoms with Crippen LogP contribution in [0.4, 0.5) is 0 Å². The number of carbonyl (C=O) groups is 2. The molecule has 0 aliphatic carbocycles. The van der Waals surface area contributed by atoms with Gasteiger partial charge in [-0.05, 0) is 33.7 Å². The van der Waals surface area contributed by atoms with Crippen LogP contribution in [0.5, 0.6) is 11.5 Å².